The van der Waals surface area contributed by atoms with E-state index < -0.39 is 17.8 Å². The highest BCUT2D eigenvalue weighted by Crippen LogP contribution is 2.39. The highest BCUT2D eigenvalue weighted by molar-refractivity contribution is 5.99. The Kier molecular flexibility index (Phi) is 4.66. The Hall–Kier alpha value is -3.80. The predicted octanol–water partition coefficient (Wildman–Crippen LogP) is 5.43. The van der Waals surface area contributed by atoms with Gasteiger partial charge < -0.3 is 9.32 Å². The zero-order valence-electron chi connectivity index (χ0n) is 17.5. The molecule has 0 spiro atoms. The molecule has 6 heteroatoms. The summed E-state index contributed by atoms with van der Waals surface area (Å²) < 4.78 is 33.0. The molecule has 0 aliphatic carbocycles. The molecule has 4 nitrogen and oxygen atoms in total. The van der Waals surface area contributed by atoms with Crippen LogP contribution in [0.5, 0.6) is 0 Å². The van der Waals surface area contributed by atoms with Gasteiger partial charge in [0.15, 0.2) is 5.43 Å². The van der Waals surface area contributed by atoms with Gasteiger partial charge in [-0.05, 0) is 66.4 Å². The molecule has 1 amide bonds. The van der Waals surface area contributed by atoms with E-state index in [1.807, 2.05) is 19.9 Å². The zero-order chi connectivity index (χ0) is 22.6. The van der Waals surface area contributed by atoms with Gasteiger partial charge in [0.2, 0.25) is 5.76 Å². The first kappa shape index (κ1) is 20.1. The first-order valence-corrected chi connectivity index (χ1v) is 10.2. The SMILES string of the molecule is Cc1cc(C)c2oc3c(c(=O)c2c1)C(c1ccc(F)cc1)N(Cc1ccc(F)cc1)C3=O. The lowest BCUT2D eigenvalue weighted by Gasteiger charge is -2.25. The molecule has 1 aromatic heterocycles. The largest absolute Gasteiger partial charge is 0.450 e. The summed E-state index contributed by atoms with van der Waals surface area (Å²) in [5.41, 5.74) is 3.31. The third kappa shape index (κ3) is 3.19. The highest BCUT2D eigenvalue weighted by Gasteiger charge is 2.42. The maximum Gasteiger partial charge on any atom is 0.291 e. The van der Waals surface area contributed by atoms with E-state index in [0.29, 0.717) is 22.1 Å². The molecule has 1 aliphatic rings. The maximum absolute atomic E-state index is 13.6. The minimum Gasteiger partial charge on any atom is -0.450 e. The molecule has 1 atom stereocenters. The minimum absolute atomic E-state index is 0.00844. The molecular formula is C26H19F2NO3. The normalized spacial score (nSPS) is 15.4. The molecule has 5 rings (SSSR count). The van der Waals surface area contributed by atoms with Crippen molar-refractivity contribution in [3.63, 3.8) is 0 Å². The van der Waals surface area contributed by atoms with Crippen LogP contribution in [0.2, 0.25) is 0 Å². The van der Waals surface area contributed by atoms with Crippen molar-refractivity contribution < 1.29 is 18.0 Å². The van der Waals surface area contributed by atoms with Gasteiger partial charge >= 0.3 is 0 Å². The summed E-state index contributed by atoms with van der Waals surface area (Å²) in [6, 6.07) is 14.4. The Morgan fingerprint density at radius 1 is 0.906 bits per heavy atom. The quantitative estimate of drug-likeness (QED) is 0.434. The zero-order valence-corrected chi connectivity index (χ0v) is 17.5. The molecule has 1 aliphatic heterocycles. The molecule has 3 aromatic carbocycles. The van der Waals surface area contributed by atoms with Gasteiger partial charge in [-0.2, -0.15) is 0 Å². The summed E-state index contributed by atoms with van der Waals surface area (Å²) in [7, 11) is 0. The highest BCUT2D eigenvalue weighted by atomic mass is 19.1. The molecule has 32 heavy (non-hydrogen) atoms. The molecular weight excluding hydrogens is 412 g/mol. The standard InChI is InChI=1S/C26H19F2NO3/c1-14-11-15(2)24-20(12-14)23(30)21-22(17-5-9-19(28)10-6-17)29(26(31)25(21)32-24)13-16-3-7-18(27)8-4-16/h3-12,22H,13H2,1-2H3. The molecule has 4 aromatic rings. The van der Waals surface area contributed by atoms with Crippen molar-refractivity contribution in [1.29, 1.82) is 0 Å². The molecule has 160 valence electrons. The van der Waals surface area contributed by atoms with Crippen LogP contribution in [0.25, 0.3) is 11.0 Å². The lowest BCUT2D eigenvalue weighted by Crippen LogP contribution is -2.29. The van der Waals surface area contributed by atoms with Gasteiger partial charge in [0.25, 0.3) is 5.91 Å². The third-order valence-electron chi connectivity index (χ3n) is 5.85. The number of hydrogen-bond donors (Lipinski definition) is 0. The summed E-state index contributed by atoms with van der Waals surface area (Å²) in [5, 5.41) is 0.407. The summed E-state index contributed by atoms with van der Waals surface area (Å²) in [5.74, 6) is -1.24. The molecule has 2 heterocycles. The maximum atomic E-state index is 13.6. The third-order valence-corrected chi connectivity index (χ3v) is 5.85. The summed E-state index contributed by atoms with van der Waals surface area (Å²) in [6.07, 6.45) is 0. The number of hydrogen-bond acceptors (Lipinski definition) is 3. The minimum atomic E-state index is -0.746. The molecule has 0 N–H and O–H groups in total. The average Bonchev–Trinajstić information content (AvgIpc) is 3.03. The summed E-state index contributed by atoms with van der Waals surface area (Å²) in [6.45, 7) is 3.86. The van der Waals surface area contributed by atoms with Crippen LogP contribution in [-0.4, -0.2) is 10.8 Å². The fourth-order valence-electron chi connectivity index (χ4n) is 4.42. The van der Waals surface area contributed by atoms with Crippen molar-refractivity contribution in [2.75, 3.05) is 0 Å². The van der Waals surface area contributed by atoms with Crippen molar-refractivity contribution in [3.05, 3.63) is 116 Å². The number of rotatable bonds is 3. The fraction of sp³-hybridized carbons (Fsp3) is 0.154. The van der Waals surface area contributed by atoms with Crippen molar-refractivity contribution in [1.82, 2.24) is 4.90 Å². The monoisotopic (exact) mass is 431 g/mol. The predicted molar refractivity (Wildman–Crippen MR) is 116 cm³/mol. The number of amides is 1. The Morgan fingerprint density at radius 3 is 2.19 bits per heavy atom. The van der Waals surface area contributed by atoms with E-state index in [4.69, 9.17) is 4.42 Å². The van der Waals surface area contributed by atoms with Crippen molar-refractivity contribution in [2.24, 2.45) is 0 Å². The lowest BCUT2D eigenvalue weighted by atomic mass is 9.97. The van der Waals surface area contributed by atoms with E-state index in [-0.39, 0.29) is 29.1 Å². The topological polar surface area (TPSA) is 50.5 Å². The van der Waals surface area contributed by atoms with Crippen molar-refractivity contribution in [3.8, 4) is 0 Å². The number of halogens is 2. The van der Waals surface area contributed by atoms with Crippen LogP contribution in [0.3, 0.4) is 0 Å². The second kappa shape index (κ2) is 7.41. The Labute approximate surface area is 182 Å². The first-order chi connectivity index (χ1) is 15.3. The number of benzene rings is 3. The van der Waals surface area contributed by atoms with Gasteiger partial charge in [0, 0.05) is 6.54 Å². The molecule has 0 fully saturated rings. The van der Waals surface area contributed by atoms with Crippen LogP contribution in [0.15, 0.2) is 69.9 Å². The van der Waals surface area contributed by atoms with Crippen molar-refractivity contribution in [2.45, 2.75) is 26.4 Å². The van der Waals surface area contributed by atoms with Gasteiger partial charge in [-0.3, -0.25) is 9.59 Å². The van der Waals surface area contributed by atoms with E-state index in [1.165, 1.54) is 29.2 Å². The number of nitrogens with zero attached hydrogens (tertiary/aromatic N) is 1. The average molecular weight is 431 g/mol. The van der Waals surface area contributed by atoms with Gasteiger partial charge in [-0.15, -0.1) is 0 Å². The molecule has 0 bridgehead atoms. The van der Waals surface area contributed by atoms with Crippen LogP contribution >= 0.6 is 0 Å². The number of carbonyl (C=O) groups is 1. The van der Waals surface area contributed by atoms with E-state index in [9.17, 15) is 18.4 Å². The van der Waals surface area contributed by atoms with Crippen LogP contribution in [0.4, 0.5) is 8.78 Å². The van der Waals surface area contributed by atoms with Crippen LogP contribution in [-0.2, 0) is 6.54 Å². The van der Waals surface area contributed by atoms with Crippen LogP contribution in [0, 0.1) is 25.5 Å². The molecule has 0 saturated carbocycles. The van der Waals surface area contributed by atoms with Gasteiger partial charge in [-0.1, -0.05) is 30.3 Å². The Bertz CT molecular complexity index is 1420. The van der Waals surface area contributed by atoms with E-state index in [1.54, 1.807) is 30.3 Å². The van der Waals surface area contributed by atoms with Crippen LogP contribution in [0.1, 0.15) is 44.4 Å². The fourth-order valence-corrected chi connectivity index (χ4v) is 4.42. The van der Waals surface area contributed by atoms with Gasteiger partial charge in [0.05, 0.1) is 17.0 Å². The Balaban J connectivity index is 1.74. The van der Waals surface area contributed by atoms with E-state index >= 15 is 0 Å². The number of fused-ring (bicyclic) bond motifs is 2. The first-order valence-electron chi connectivity index (χ1n) is 10.2. The van der Waals surface area contributed by atoms with E-state index in [2.05, 4.69) is 0 Å². The van der Waals surface area contributed by atoms with Crippen LogP contribution < -0.4 is 5.43 Å². The van der Waals surface area contributed by atoms with Crippen molar-refractivity contribution >= 4 is 16.9 Å². The van der Waals surface area contributed by atoms with E-state index in [0.717, 1.165) is 11.1 Å². The molecule has 0 saturated heterocycles. The second-order valence-corrected chi connectivity index (χ2v) is 8.15. The number of carbonyl (C=O) groups excluding carboxylic acids is 1. The Morgan fingerprint density at radius 2 is 1.53 bits per heavy atom. The lowest BCUT2D eigenvalue weighted by molar-refractivity contribution is 0.0714. The summed E-state index contributed by atoms with van der Waals surface area (Å²) in [4.78, 5) is 28.6. The number of aryl methyl sites for hydroxylation is 2. The van der Waals surface area contributed by atoms with Gasteiger partial charge in [0.1, 0.15) is 17.2 Å². The molecule has 0 radical (unpaired) electrons. The summed E-state index contributed by atoms with van der Waals surface area (Å²) >= 11 is 0. The smallest absolute Gasteiger partial charge is 0.291 e. The molecule has 1 unspecified atom stereocenters. The second-order valence-electron chi connectivity index (χ2n) is 8.15. The van der Waals surface area contributed by atoms with Gasteiger partial charge in [-0.25, -0.2) is 8.78 Å².